The third kappa shape index (κ3) is 2.78. The highest BCUT2D eigenvalue weighted by Crippen LogP contribution is 2.19. The molecule has 2 atom stereocenters. The first-order valence-electron chi connectivity index (χ1n) is 5.73. The van der Waals surface area contributed by atoms with E-state index in [0.717, 1.165) is 18.9 Å². The molecule has 1 aromatic rings. The molecule has 0 spiro atoms. The number of hydrogen-bond acceptors (Lipinski definition) is 1. The summed E-state index contributed by atoms with van der Waals surface area (Å²) in [4.78, 5) is 0. The lowest BCUT2D eigenvalue weighted by Gasteiger charge is -2.30. The number of rotatable bonds is 2. The van der Waals surface area contributed by atoms with Crippen LogP contribution in [-0.4, -0.2) is 12.6 Å². The Morgan fingerprint density at radius 2 is 2.07 bits per heavy atom. The van der Waals surface area contributed by atoms with E-state index in [1.54, 1.807) is 12.1 Å². The molecule has 2 heteroatoms. The van der Waals surface area contributed by atoms with E-state index in [9.17, 15) is 4.39 Å². The van der Waals surface area contributed by atoms with Crippen molar-refractivity contribution in [1.29, 1.82) is 0 Å². The van der Waals surface area contributed by atoms with Crippen LogP contribution in [0.15, 0.2) is 24.3 Å². The number of halogens is 1. The molecular weight excluding hydrogens is 189 g/mol. The van der Waals surface area contributed by atoms with Crippen LogP contribution in [0.5, 0.6) is 0 Å². The number of nitrogens with one attached hydrogen (secondary N) is 1. The summed E-state index contributed by atoms with van der Waals surface area (Å²) >= 11 is 0. The highest BCUT2D eigenvalue weighted by atomic mass is 19.1. The molecule has 0 saturated carbocycles. The second-order valence-electron chi connectivity index (χ2n) is 4.51. The summed E-state index contributed by atoms with van der Waals surface area (Å²) in [5.41, 5.74) is 1.22. The van der Waals surface area contributed by atoms with Gasteiger partial charge in [-0.2, -0.15) is 0 Å². The van der Waals surface area contributed by atoms with Crippen molar-refractivity contribution < 1.29 is 4.39 Å². The van der Waals surface area contributed by atoms with Crippen molar-refractivity contribution in [2.45, 2.75) is 32.2 Å². The normalized spacial score (nSPS) is 26.5. The smallest absolute Gasteiger partial charge is 0.123 e. The van der Waals surface area contributed by atoms with E-state index < -0.39 is 0 Å². The molecule has 82 valence electrons. The Morgan fingerprint density at radius 3 is 2.73 bits per heavy atom. The minimum atomic E-state index is -0.150. The molecule has 0 radical (unpaired) electrons. The van der Waals surface area contributed by atoms with Crippen molar-refractivity contribution in [2.75, 3.05) is 6.54 Å². The van der Waals surface area contributed by atoms with E-state index in [2.05, 4.69) is 12.2 Å². The van der Waals surface area contributed by atoms with Gasteiger partial charge in [-0.1, -0.05) is 19.1 Å². The van der Waals surface area contributed by atoms with Crippen LogP contribution in [0, 0.1) is 11.7 Å². The maximum atomic E-state index is 12.7. The van der Waals surface area contributed by atoms with Gasteiger partial charge in [-0.15, -0.1) is 0 Å². The highest BCUT2D eigenvalue weighted by molar-refractivity contribution is 5.17. The monoisotopic (exact) mass is 207 g/mol. The molecule has 1 aromatic carbocycles. The predicted octanol–water partition coefficient (Wildman–Crippen LogP) is 2.76. The molecule has 1 fully saturated rings. The molecule has 1 N–H and O–H groups in total. The Hall–Kier alpha value is -0.890. The second-order valence-corrected chi connectivity index (χ2v) is 4.51. The van der Waals surface area contributed by atoms with Gasteiger partial charge in [0, 0.05) is 6.04 Å². The summed E-state index contributed by atoms with van der Waals surface area (Å²) < 4.78 is 12.7. The van der Waals surface area contributed by atoms with Crippen molar-refractivity contribution in [3.8, 4) is 0 Å². The SMILES string of the molecule is CC1CCCNC1Cc1ccc(F)cc1. The summed E-state index contributed by atoms with van der Waals surface area (Å²) in [5, 5.41) is 3.54. The zero-order chi connectivity index (χ0) is 10.7. The molecule has 2 rings (SSSR count). The number of benzene rings is 1. The van der Waals surface area contributed by atoms with E-state index in [0.29, 0.717) is 6.04 Å². The van der Waals surface area contributed by atoms with Gasteiger partial charge >= 0.3 is 0 Å². The lowest BCUT2D eigenvalue weighted by molar-refractivity contribution is 0.298. The molecule has 15 heavy (non-hydrogen) atoms. The molecule has 2 unspecified atom stereocenters. The second kappa shape index (κ2) is 4.75. The molecule has 1 nitrogen and oxygen atoms in total. The molecule has 0 bridgehead atoms. The fourth-order valence-corrected chi connectivity index (χ4v) is 2.26. The van der Waals surface area contributed by atoms with Gasteiger partial charge in [-0.25, -0.2) is 4.39 Å². The average Bonchev–Trinajstić information content (AvgIpc) is 2.25. The van der Waals surface area contributed by atoms with Crippen LogP contribution < -0.4 is 5.32 Å². The predicted molar refractivity (Wildman–Crippen MR) is 60.3 cm³/mol. The maximum Gasteiger partial charge on any atom is 0.123 e. The largest absolute Gasteiger partial charge is 0.313 e. The molecule has 1 aliphatic rings. The van der Waals surface area contributed by atoms with Crippen LogP contribution in [-0.2, 0) is 6.42 Å². The van der Waals surface area contributed by atoms with Gasteiger partial charge in [0.25, 0.3) is 0 Å². The zero-order valence-corrected chi connectivity index (χ0v) is 9.17. The van der Waals surface area contributed by atoms with E-state index >= 15 is 0 Å². The highest BCUT2D eigenvalue weighted by Gasteiger charge is 2.20. The molecule has 1 heterocycles. The van der Waals surface area contributed by atoms with Gasteiger partial charge in [-0.05, 0) is 49.4 Å². The fraction of sp³-hybridized carbons (Fsp3) is 0.538. The summed E-state index contributed by atoms with van der Waals surface area (Å²) in [6.07, 6.45) is 3.60. The summed E-state index contributed by atoms with van der Waals surface area (Å²) in [6.45, 7) is 3.41. The summed E-state index contributed by atoms with van der Waals surface area (Å²) in [7, 11) is 0. The van der Waals surface area contributed by atoms with Crippen molar-refractivity contribution >= 4 is 0 Å². The first-order valence-corrected chi connectivity index (χ1v) is 5.73. The van der Waals surface area contributed by atoms with Crippen LogP contribution >= 0.6 is 0 Å². The third-order valence-electron chi connectivity index (χ3n) is 3.30. The molecule has 0 aromatic heterocycles. The Morgan fingerprint density at radius 1 is 1.33 bits per heavy atom. The Labute approximate surface area is 90.7 Å². The van der Waals surface area contributed by atoms with E-state index in [1.807, 2.05) is 12.1 Å². The lowest BCUT2D eigenvalue weighted by atomic mass is 9.88. The van der Waals surface area contributed by atoms with Crippen molar-refractivity contribution in [1.82, 2.24) is 5.32 Å². The van der Waals surface area contributed by atoms with Crippen LogP contribution in [0.25, 0.3) is 0 Å². The molecule has 1 aliphatic heterocycles. The minimum absolute atomic E-state index is 0.150. The average molecular weight is 207 g/mol. The van der Waals surface area contributed by atoms with Gasteiger partial charge in [0.1, 0.15) is 5.82 Å². The molecular formula is C13H18FN. The first kappa shape index (κ1) is 10.6. The van der Waals surface area contributed by atoms with Gasteiger partial charge < -0.3 is 5.32 Å². The summed E-state index contributed by atoms with van der Waals surface area (Å²) in [5.74, 6) is 0.576. The van der Waals surface area contributed by atoms with Crippen LogP contribution in [0.1, 0.15) is 25.3 Å². The van der Waals surface area contributed by atoms with Crippen LogP contribution in [0.4, 0.5) is 4.39 Å². The van der Waals surface area contributed by atoms with E-state index in [4.69, 9.17) is 0 Å². The Balaban J connectivity index is 1.98. The lowest BCUT2D eigenvalue weighted by Crippen LogP contribution is -2.41. The third-order valence-corrected chi connectivity index (χ3v) is 3.30. The van der Waals surface area contributed by atoms with Crippen molar-refractivity contribution in [3.63, 3.8) is 0 Å². The van der Waals surface area contributed by atoms with Crippen molar-refractivity contribution in [2.24, 2.45) is 5.92 Å². The quantitative estimate of drug-likeness (QED) is 0.786. The number of piperidine rings is 1. The zero-order valence-electron chi connectivity index (χ0n) is 9.17. The van der Waals surface area contributed by atoms with E-state index in [1.165, 1.54) is 18.4 Å². The van der Waals surface area contributed by atoms with Crippen molar-refractivity contribution in [3.05, 3.63) is 35.6 Å². The Kier molecular flexibility index (Phi) is 3.37. The van der Waals surface area contributed by atoms with Crippen LogP contribution in [0.2, 0.25) is 0 Å². The topological polar surface area (TPSA) is 12.0 Å². The van der Waals surface area contributed by atoms with Gasteiger partial charge in [0.15, 0.2) is 0 Å². The number of hydrogen-bond donors (Lipinski definition) is 1. The van der Waals surface area contributed by atoms with Gasteiger partial charge in [-0.3, -0.25) is 0 Å². The maximum absolute atomic E-state index is 12.7. The summed E-state index contributed by atoms with van der Waals surface area (Å²) in [6, 6.07) is 7.42. The van der Waals surface area contributed by atoms with Crippen LogP contribution in [0.3, 0.4) is 0 Å². The molecule has 1 saturated heterocycles. The Bertz CT molecular complexity index is 307. The first-order chi connectivity index (χ1) is 7.25. The minimum Gasteiger partial charge on any atom is -0.313 e. The standard InChI is InChI=1S/C13H18FN/c1-10-3-2-8-15-13(10)9-11-4-6-12(14)7-5-11/h4-7,10,13,15H,2-3,8-9H2,1H3. The molecule has 0 amide bonds. The van der Waals surface area contributed by atoms with Gasteiger partial charge in [0.2, 0.25) is 0 Å². The van der Waals surface area contributed by atoms with Gasteiger partial charge in [0.05, 0.1) is 0 Å². The fourth-order valence-electron chi connectivity index (χ4n) is 2.26. The van der Waals surface area contributed by atoms with E-state index in [-0.39, 0.29) is 5.82 Å². The molecule has 0 aliphatic carbocycles.